The van der Waals surface area contributed by atoms with Crippen molar-refractivity contribution in [3.63, 3.8) is 0 Å². The van der Waals surface area contributed by atoms with Gasteiger partial charge in [0, 0.05) is 5.56 Å². The van der Waals surface area contributed by atoms with Crippen LogP contribution in [0.3, 0.4) is 0 Å². The van der Waals surface area contributed by atoms with E-state index in [4.69, 9.17) is 14.2 Å². The summed E-state index contributed by atoms with van der Waals surface area (Å²) in [5, 5.41) is 10.3. The standard InChI is InChI=1S/C26H28O4/c1-26(2)22-17-23(29-18-19-10-5-3-6-11-19)20(16-24(22)30-25(26)27)12-9-15-28-21-13-7-4-8-14-21/h3-8,10-11,13-14,16-17,25,27H,9,12,15,18H2,1-2H3. The summed E-state index contributed by atoms with van der Waals surface area (Å²) in [4.78, 5) is 0. The highest BCUT2D eigenvalue weighted by molar-refractivity contribution is 5.52. The Hall–Kier alpha value is -2.98. The third-order valence-electron chi connectivity index (χ3n) is 5.55. The van der Waals surface area contributed by atoms with Crippen molar-refractivity contribution < 1.29 is 19.3 Å². The van der Waals surface area contributed by atoms with Gasteiger partial charge in [-0.25, -0.2) is 0 Å². The molecule has 1 atom stereocenters. The van der Waals surface area contributed by atoms with Crippen molar-refractivity contribution >= 4 is 0 Å². The first kappa shape index (κ1) is 20.3. The van der Waals surface area contributed by atoms with E-state index in [0.29, 0.717) is 13.2 Å². The molecule has 0 saturated carbocycles. The van der Waals surface area contributed by atoms with Crippen molar-refractivity contribution in [1.82, 2.24) is 0 Å². The number of fused-ring (bicyclic) bond motifs is 1. The fourth-order valence-corrected chi connectivity index (χ4v) is 3.64. The number of aliphatic hydroxyl groups excluding tert-OH is 1. The monoisotopic (exact) mass is 404 g/mol. The van der Waals surface area contributed by atoms with Gasteiger partial charge in [0.05, 0.1) is 12.0 Å². The molecular formula is C26H28O4. The molecule has 0 bridgehead atoms. The molecule has 0 amide bonds. The zero-order valence-electron chi connectivity index (χ0n) is 17.5. The van der Waals surface area contributed by atoms with Gasteiger partial charge >= 0.3 is 0 Å². The van der Waals surface area contributed by atoms with Crippen LogP contribution < -0.4 is 14.2 Å². The van der Waals surface area contributed by atoms with E-state index in [0.717, 1.165) is 46.8 Å². The van der Waals surface area contributed by atoms with E-state index >= 15 is 0 Å². The normalized spacial score (nSPS) is 16.6. The average molecular weight is 405 g/mol. The lowest BCUT2D eigenvalue weighted by Crippen LogP contribution is -2.31. The number of aryl methyl sites for hydroxylation is 1. The number of ether oxygens (including phenoxy) is 3. The first-order chi connectivity index (χ1) is 14.5. The van der Waals surface area contributed by atoms with Gasteiger partial charge in [0.15, 0.2) is 0 Å². The van der Waals surface area contributed by atoms with Gasteiger partial charge in [0.2, 0.25) is 6.29 Å². The molecule has 4 heteroatoms. The van der Waals surface area contributed by atoms with Gasteiger partial charge in [-0.15, -0.1) is 0 Å². The van der Waals surface area contributed by atoms with Gasteiger partial charge in [-0.2, -0.15) is 0 Å². The molecule has 3 aromatic carbocycles. The molecule has 3 aromatic rings. The van der Waals surface area contributed by atoms with Gasteiger partial charge in [0.25, 0.3) is 0 Å². The Morgan fingerprint density at radius 3 is 2.37 bits per heavy atom. The third-order valence-corrected chi connectivity index (χ3v) is 5.55. The molecule has 0 saturated heterocycles. The average Bonchev–Trinajstić information content (AvgIpc) is 2.98. The second kappa shape index (κ2) is 8.80. The number of aliphatic hydroxyl groups is 1. The van der Waals surface area contributed by atoms with E-state index in [9.17, 15) is 5.11 Å². The van der Waals surface area contributed by atoms with Crippen LogP contribution in [0.1, 0.15) is 37.0 Å². The van der Waals surface area contributed by atoms with Crippen LogP contribution in [-0.4, -0.2) is 18.0 Å². The zero-order valence-corrected chi connectivity index (χ0v) is 17.5. The van der Waals surface area contributed by atoms with E-state index in [-0.39, 0.29) is 0 Å². The van der Waals surface area contributed by atoms with Gasteiger partial charge in [-0.3, -0.25) is 0 Å². The maximum atomic E-state index is 10.3. The molecule has 0 aliphatic carbocycles. The van der Waals surface area contributed by atoms with Crippen molar-refractivity contribution in [2.24, 2.45) is 0 Å². The van der Waals surface area contributed by atoms with E-state index in [1.54, 1.807) is 0 Å². The maximum Gasteiger partial charge on any atom is 0.206 e. The van der Waals surface area contributed by atoms with E-state index in [1.165, 1.54) is 0 Å². The fourth-order valence-electron chi connectivity index (χ4n) is 3.64. The summed E-state index contributed by atoms with van der Waals surface area (Å²) in [6.07, 6.45) is 0.789. The van der Waals surface area contributed by atoms with Crippen LogP contribution in [0.4, 0.5) is 0 Å². The molecule has 0 aromatic heterocycles. The largest absolute Gasteiger partial charge is 0.494 e. The first-order valence-corrected chi connectivity index (χ1v) is 10.4. The predicted octanol–water partition coefficient (Wildman–Crippen LogP) is 5.27. The van der Waals surface area contributed by atoms with Gasteiger partial charge < -0.3 is 19.3 Å². The Bertz CT molecular complexity index is 967. The number of benzene rings is 3. The number of para-hydroxylation sites is 1. The first-order valence-electron chi connectivity index (χ1n) is 10.4. The third kappa shape index (κ3) is 4.44. The van der Waals surface area contributed by atoms with Crippen molar-refractivity contribution in [2.45, 2.75) is 45.0 Å². The summed E-state index contributed by atoms with van der Waals surface area (Å²) in [6, 6.07) is 24.0. The highest BCUT2D eigenvalue weighted by Crippen LogP contribution is 2.45. The Labute approximate surface area is 178 Å². The van der Waals surface area contributed by atoms with Crippen molar-refractivity contribution in [3.8, 4) is 17.2 Å². The molecule has 0 spiro atoms. The number of hydrogen-bond donors (Lipinski definition) is 1. The molecule has 0 fully saturated rings. The summed E-state index contributed by atoms with van der Waals surface area (Å²) in [5.74, 6) is 2.45. The minimum atomic E-state index is -0.855. The molecule has 156 valence electrons. The van der Waals surface area contributed by atoms with Crippen molar-refractivity contribution in [2.75, 3.05) is 6.61 Å². The molecule has 4 nitrogen and oxygen atoms in total. The van der Waals surface area contributed by atoms with Crippen LogP contribution in [-0.2, 0) is 18.4 Å². The van der Waals surface area contributed by atoms with E-state index in [1.807, 2.05) is 74.5 Å². The molecule has 1 unspecified atom stereocenters. The zero-order chi connectivity index (χ0) is 21.0. The topological polar surface area (TPSA) is 47.9 Å². The molecule has 30 heavy (non-hydrogen) atoms. The van der Waals surface area contributed by atoms with E-state index in [2.05, 4.69) is 12.1 Å². The summed E-state index contributed by atoms with van der Waals surface area (Å²) >= 11 is 0. The van der Waals surface area contributed by atoms with Crippen molar-refractivity contribution in [1.29, 1.82) is 0 Å². The molecule has 1 aliphatic rings. The minimum Gasteiger partial charge on any atom is -0.494 e. The van der Waals surface area contributed by atoms with Crippen LogP contribution in [0.15, 0.2) is 72.8 Å². The highest BCUT2D eigenvalue weighted by atomic mass is 16.6. The molecule has 1 heterocycles. The summed E-state index contributed by atoms with van der Waals surface area (Å²) in [7, 11) is 0. The number of hydrogen-bond acceptors (Lipinski definition) is 4. The van der Waals surface area contributed by atoms with Crippen LogP contribution in [0.2, 0.25) is 0 Å². The second-order valence-electron chi connectivity index (χ2n) is 8.19. The van der Waals surface area contributed by atoms with Crippen LogP contribution >= 0.6 is 0 Å². The Kier molecular flexibility index (Phi) is 5.96. The van der Waals surface area contributed by atoms with E-state index < -0.39 is 11.7 Å². The molecule has 1 aliphatic heterocycles. The SMILES string of the molecule is CC1(C)c2cc(OCc3ccccc3)c(CCCOc3ccccc3)cc2OC1O. The predicted molar refractivity (Wildman–Crippen MR) is 117 cm³/mol. The number of rotatable bonds is 8. The smallest absolute Gasteiger partial charge is 0.206 e. The molecular weight excluding hydrogens is 376 g/mol. The lowest BCUT2D eigenvalue weighted by atomic mass is 9.84. The van der Waals surface area contributed by atoms with Gasteiger partial charge in [0.1, 0.15) is 23.9 Å². The summed E-state index contributed by atoms with van der Waals surface area (Å²) < 4.78 is 17.8. The van der Waals surface area contributed by atoms with Crippen LogP contribution in [0.25, 0.3) is 0 Å². The quantitative estimate of drug-likeness (QED) is 0.520. The Balaban J connectivity index is 1.49. The maximum absolute atomic E-state index is 10.3. The summed E-state index contributed by atoms with van der Waals surface area (Å²) in [5.41, 5.74) is 2.68. The van der Waals surface area contributed by atoms with Gasteiger partial charge in [-0.05, 0) is 62.1 Å². The van der Waals surface area contributed by atoms with Crippen LogP contribution in [0.5, 0.6) is 17.2 Å². The highest BCUT2D eigenvalue weighted by Gasteiger charge is 2.41. The van der Waals surface area contributed by atoms with Gasteiger partial charge in [-0.1, -0.05) is 48.5 Å². The fraction of sp³-hybridized carbons (Fsp3) is 0.308. The van der Waals surface area contributed by atoms with Crippen molar-refractivity contribution in [3.05, 3.63) is 89.5 Å². The minimum absolute atomic E-state index is 0.477. The molecule has 4 rings (SSSR count). The van der Waals surface area contributed by atoms with Crippen LogP contribution in [0, 0.1) is 0 Å². The Morgan fingerprint density at radius 1 is 0.933 bits per heavy atom. The molecule has 0 radical (unpaired) electrons. The summed E-state index contributed by atoms with van der Waals surface area (Å²) in [6.45, 7) is 5.08. The lowest BCUT2D eigenvalue weighted by molar-refractivity contribution is -0.0450. The molecule has 1 N–H and O–H groups in total. The second-order valence-corrected chi connectivity index (χ2v) is 8.19. The lowest BCUT2D eigenvalue weighted by Gasteiger charge is -2.21. The Morgan fingerprint density at radius 2 is 1.63 bits per heavy atom.